The van der Waals surface area contributed by atoms with E-state index >= 15 is 0 Å². The van der Waals surface area contributed by atoms with Crippen LogP contribution in [0.1, 0.15) is 42.1 Å². The van der Waals surface area contributed by atoms with Gasteiger partial charge in [-0.3, -0.25) is 9.88 Å². The number of anilines is 1. The van der Waals surface area contributed by atoms with Gasteiger partial charge in [-0.25, -0.2) is 0 Å². The van der Waals surface area contributed by atoms with E-state index in [1.54, 1.807) is 0 Å². The van der Waals surface area contributed by atoms with Crippen molar-refractivity contribution < 1.29 is 17.8 Å². The zero-order chi connectivity index (χ0) is 20.7. The molecular weight excluding hydrogens is 162 g/mol. The number of rotatable bonds is 1. The molecule has 0 bridgehead atoms. The fraction of sp³-hybridized carbons (Fsp3) is 0.500. The van der Waals surface area contributed by atoms with Gasteiger partial charge in [-0.15, -0.1) is 0 Å². The Labute approximate surface area is 96.8 Å². The van der Waals surface area contributed by atoms with Crippen LogP contribution in [0.5, 0.6) is 0 Å². The summed E-state index contributed by atoms with van der Waals surface area (Å²) >= 11 is 0. The highest BCUT2D eigenvalue weighted by Crippen LogP contribution is 2.30. The van der Waals surface area contributed by atoms with Gasteiger partial charge in [0, 0.05) is 30.7 Å². The van der Waals surface area contributed by atoms with Crippen molar-refractivity contribution in [1.82, 2.24) is 9.88 Å². The first-order valence-electron chi connectivity index (χ1n) is 9.91. The maximum atomic E-state index is 8.51. The normalized spacial score (nSPS) is 56.5. The summed E-state index contributed by atoms with van der Waals surface area (Å²) in [6, 6.07) is -4.33. The molecule has 0 aromatic carbocycles. The lowest BCUT2D eigenvalue weighted by molar-refractivity contribution is 0.317. The van der Waals surface area contributed by atoms with E-state index in [0.29, 0.717) is 0 Å². The zero-order valence-corrected chi connectivity index (χ0v) is 6.47. The van der Waals surface area contributed by atoms with Crippen LogP contribution < -0.4 is 5.73 Å². The first kappa shape index (κ1) is 2.11. The van der Waals surface area contributed by atoms with Gasteiger partial charge in [0.1, 0.15) is 0 Å². The van der Waals surface area contributed by atoms with Crippen LogP contribution in [0, 0.1) is 0 Å². The standard InChI is InChI=1S/C10H15N3/c1-13-4-2-3-10(13)8-5-9(11)7-12-6-8/h5-7,10H,2-4,11H2,1H3/i1D3,2D2,3D2,4D2,5D,6D,7D,10D. The van der Waals surface area contributed by atoms with Gasteiger partial charge >= 0.3 is 0 Å². The van der Waals surface area contributed by atoms with Crippen molar-refractivity contribution in [2.45, 2.75) is 18.8 Å². The van der Waals surface area contributed by atoms with Gasteiger partial charge in [-0.2, -0.15) is 0 Å². The summed E-state index contributed by atoms with van der Waals surface area (Å²) in [6.45, 7) is -7.01. The molecule has 2 N–H and O–H groups in total. The SMILES string of the molecule is [2H]c1nc([2H])c(C2([2H])N(C([2H])([2H])[2H])C([2H])([2H])C([2H])([2H])C2([2H])[2H])c([2H])c1N. The summed E-state index contributed by atoms with van der Waals surface area (Å²) in [4.78, 5) is 3.03. The molecule has 0 spiro atoms. The number of hydrogen-bond acceptors (Lipinski definition) is 3. The van der Waals surface area contributed by atoms with E-state index in [-0.39, 0.29) is 4.90 Å². The van der Waals surface area contributed by atoms with Crippen molar-refractivity contribution in [2.24, 2.45) is 0 Å². The molecule has 0 saturated carbocycles. The van der Waals surface area contributed by atoms with Crippen LogP contribution in [-0.2, 0) is 0 Å². The van der Waals surface area contributed by atoms with Crippen molar-refractivity contribution >= 4 is 5.69 Å². The first-order chi connectivity index (χ1) is 11.4. The largest absolute Gasteiger partial charge is 0.397 e. The molecule has 70 valence electrons. The van der Waals surface area contributed by atoms with Crippen LogP contribution in [0.2, 0.25) is 0 Å². The third-order valence-electron chi connectivity index (χ3n) is 1.41. The summed E-state index contributed by atoms with van der Waals surface area (Å²) in [5.74, 6) is 0. The molecule has 2 heterocycles. The van der Waals surface area contributed by atoms with Gasteiger partial charge in [0.05, 0.1) is 11.2 Å². The Bertz CT molecular complexity index is 758. The lowest BCUT2D eigenvalue weighted by Gasteiger charge is -2.19. The topological polar surface area (TPSA) is 42.2 Å². The van der Waals surface area contributed by atoms with E-state index in [9.17, 15) is 0 Å². The van der Waals surface area contributed by atoms with E-state index in [1.807, 2.05) is 0 Å². The van der Waals surface area contributed by atoms with Gasteiger partial charge in [0.25, 0.3) is 0 Å². The molecule has 1 aromatic rings. The van der Waals surface area contributed by atoms with Crippen LogP contribution in [0.25, 0.3) is 0 Å². The van der Waals surface area contributed by atoms with E-state index in [2.05, 4.69) is 4.98 Å². The number of likely N-dealkylation sites (tertiary alicyclic amines) is 1. The average Bonchev–Trinajstić information content (AvgIpc) is 2.49. The molecule has 1 saturated heterocycles. The molecule has 3 heteroatoms. The van der Waals surface area contributed by atoms with Gasteiger partial charge in [0.15, 0.2) is 0 Å². The lowest BCUT2D eigenvalue weighted by Crippen LogP contribution is -2.17. The maximum Gasteiger partial charge on any atom is 0.0862 e. The monoisotopic (exact) mass is 190 g/mol. The molecule has 1 fully saturated rings. The Balaban J connectivity index is 3.03. The molecule has 1 aromatic heterocycles. The fourth-order valence-electron chi connectivity index (χ4n) is 0.876. The molecule has 3 nitrogen and oxygen atoms in total. The summed E-state index contributed by atoms with van der Waals surface area (Å²) in [5.41, 5.74) is 3.78. The number of nitrogens with zero attached hydrogens (tertiary/aromatic N) is 2. The molecule has 0 aliphatic carbocycles. The minimum atomic E-state index is -3.53. The van der Waals surface area contributed by atoms with Crippen LogP contribution >= 0.6 is 0 Å². The highest BCUT2D eigenvalue weighted by Gasteiger charge is 2.22. The average molecular weight is 190 g/mol. The summed E-state index contributed by atoms with van der Waals surface area (Å²) in [7, 11) is 0. The second kappa shape index (κ2) is 3.34. The number of pyridine rings is 1. The van der Waals surface area contributed by atoms with Crippen molar-refractivity contribution in [3.8, 4) is 0 Å². The third kappa shape index (κ3) is 1.65. The van der Waals surface area contributed by atoms with Crippen molar-refractivity contribution in [3.05, 3.63) is 24.0 Å². The summed E-state index contributed by atoms with van der Waals surface area (Å²) in [6.07, 6.45) is -8.79. The predicted molar refractivity (Wildman–Crippen MR) is 53.3 cm³/mol. The second-order valence-corrected chi connectivity index (χ2v) is 2.29. The molecule has 1 aliphatic rings. The predicted octanol–water partition coefficient (Wildman–Crippen LogP) is 1.43. The highest BCUT2D eigenvalue weighted by atomic mass is 15.1. The van der Waals surface area contributed by atoms with Crippen LogP contribution in [0.3, 0.4) is 0 Å². The molecule has 0 radical (unpaired) electrons. The third-order valence-corrected chi connectivity index (χ3v) is 1.41. The molecule has 1 unspecified atom stereocenters. The van der Waals surface area contributed by atoms with Crippen LogP contribution in [0.4, 0.5) is 5.69 Å². The Kier molecular flexibility index (Phi) is 0.543. The number of hydrogen-bond donors (Lipinski definition) is 1. The number of aromatic nitrogens is 1. The molecule has 1 atom stereocenters. The minimum Gasteiger partial charge on any atom is -0.397 e. The van der Waals surface area contributed by atoms with Gasteiger partial charge in [0.2, 0.25) is 0 Å². The lowest BCUT2D eigenvalue weighted by atomic mass is 10.1. The number of nitrogens with two attached hydrogens (primary N) is 1. The summed E-state index contributed by atoms with van der Waals surface area (Å²) in [5, 5.41) is 0. The quantitative estimate of drug-likeness (QED) is 0.728. The zero-order valence-electron chi connectivity index (χ0n) is 19.5. The fourth-order valence-corrected chi connectivity index (χ4v) is 0.876. The number of nitrogen functional groups attached to an aromatic ring is 1. The van der Waals surface area contributed by atoms with E-state index in [1.165, 1.54) is 0 Å². The van der Waals surface area contributed by atoms with Crippen LogP contribution in [0.15, 0.2) is 18.4 Å². The highest BCUT2D eigenvalue weighted by molar-refractivity contribution is 5.38. The minimum absolute atomic E-state index is 0.316. The van der Waals surface area contributed by atoms with E-state index in [0.717, 1.165) is 0 Å². The Morgan fingerprint density at radius 2 is 2.85 bits per heavy atom. The molecule has 0 amide bonds. The second-order valence-electron chi connectivity index (χ2n) is 2.29. The molecule has 13 heavy (non-hydrogen) atoms. The summed E-state index contributed by atoms with van der Waals surface area (Å²) < 4.78 is 102. The van der Waals surface area contributed by atoms with Crippen molar-refractivity contribution in [2.75, 3.05) is 19.2 Å². The molecule has 1 aliphatic heterocycles. The Hall–Kier alpha value is -1.09. The molecule has 2 rings (SSSR count). The molecular formula is C10H15N3. The van der Waals surface area contributed by atoms with Crippen LogP contribution in [-0.4, -0.2) is 23.4 Å². The smallest absolute Gasteiger partial charge is 0.0862 e. The Morgan fingerprint density at radius 3 is 3.69 bits per heavy atom. The van der Waals surface area contributed by atoms with Crippen molar-refractivity contribution in [1.29, 1.82) is 0 Å². The van der Waals surface area contributed by atoms with Crippen molar-refractivity contribution in [3.63, 3.8) is 0 Å². The van der Waals surface area contributed by atoms with Gasteiger partial charge < -0.3 is 5.73 Å². The van der Waals surface area contributed by atoms with E-state index < -0.39 is 61.9 Å². The van der Waals surface area contributed by atoms with E-state index in [4.69, 9.17) is 23.6 Å². The van der Waals surface area contributed by atoms with Gasteiger partial charge in [-0.05, 0) is 37.8 Å². The Morgan fingerprint density at radius 1 is 1.92 bits per heavy atom. The maximum absolute atomic E-state index is 8.51. The first-order valence-corrected chi connectivity index (χ1v) is 3.41. The van der Waals surface area contributed by atoms with Gasteiger partial charge in [-0.1, -0.05) is 0 Å².